The minimum atomic E-state index is -1.22. The fourth-order valence-electron chi connectivity index (χ4n) is 1.34. The quantitative estimate of drug-likeness (QED) is 0.377. The molecule has 1 aromatic heterocycles. The molecule has 1 unspecified atom stereocenters. The summed E-state index contributed by atoms with van der Waals surface area (Å²) < 4.78 is 16.8. The predicted octanol–water partition coefficient (Wildman–Crippen LogP) is 4.85. The van der Waals surface area contributed by atoms with Crippen LogP contribution in [-0.2, 0) is 17.4 Å². The summed E-state index contributed by atoms with van der Waals surface area (Å²) in [5, 5.41) is 0.814. The molecule has 0 aliphatic heterocycles. The molecule has 0 amide bonds. The minimum absolute atomic E-state index is 0.338. The average Bonchev–Trinajstić information content (AvgIpc) is 2.25. The summed E-state index contributed by atoms with van der Waals surface area (Å²) in [5.41, 5.74) is 1.80. The van der Waals surface area contributed by atoms with Crippen LogP contribution in [0.15, 0.2) is 10.5 Å². The van der Waals surface area contributed by atoms with E-state index in [0.29, 0.717) is 23.1 Å². The Morgan fingerprint density at radius 2 is 2.05 bits per heavy atom. The van der Waals surface area contributed by atoms with Crippen molar-refractivity contribution in [1.82, 2.24) is 4.98 Å². The second-order valence-electron chi connectivity index (χ2n) is 5.38. The highest BCUT2D eigenvalue weighted by Crippen LogP contribution is 2.25. The van der Waals surface area contributed by atoms with Crippen molar-refractivity contribution in [3.63, 3.8) is 0 Å². The van der Waals surface area contributed by atoms with Gasteiger partial charge in [0.05, 0.1) is 4.75 Å². The molecule has 0 saturated carbocycles. The Bertz CT molecular complexity index is 533. The SMILES string of the molecule is CC(CCc1c(I)cc(Cl)nc1Cl)=NS(=O)C(C)(C)C. The molecule has 1 atom stereocenters. The minimum Gasteiger partial charge on any atom is -0.234 e. The van der Waals surface area contributed by atoms with Gasteiger partial charge < -0.3 is 0 Å². The van der Waals surface area contributed by atoms with Gasteiger partial charge in [-0.25, -0.2) is 9.19 Å². The lowest BCUT2D eigenvalue weighted by Crippen LogP contribution is -2.20. The Labute approximate surface area is 146 Å². The molecule has 0 aliphatic carbocycles. The van der Waals surface area contributed by atoms with Gasteiger partial charge in [0, 0.05) is 14.8 Å². The van der Waals surface area contributed by atoms with E-state index in [9.17, 15) is 4.21 Å². The van der Waals surface area contributed by atoms with Gasteiger partial charge in [0.1, 0.15) is 21.3 Å². The van der Waals surface area contributed by atoms with Gasteiger partial charge >= 0.3 is 0 Å². The molecule has 0 fully saturated rings. The first-order valence-corrected chi connectivity index (χ1v) is 9.02. The van der Waals surface area contributed by atoms with Crippen molar-refractivity contribution in [2.24, 2.45) is 4.40 Å². The number of hydrogen-bond acceptors (Lipinski definition) is 2. The maximum atomic E-state index is 11.9. The molecule has 0 N–H and O–H groups in total. The number of aromatic nitrogens is 1. The highest BCUT2D eigenvalue weighted by molar-refractivity contribution is 14.1. The first-order valence-electron chi connectivity index (χ1n) is 6.08. The highest BCUT2D eigenvalue weighted by Gasteiger charge is 2.19. The topological polar surface area (TPSA) is 42.3 Å². The molecule has 1 aromatic rings. The van der Waals surface area contributed by atoms with Crippen LogP contribution in [0.3, 0.4) is 0 Å². The first-order chi connectivity index (χ1) is 9.11. The Kier molecular flexibility index (Phi) is 6.89. The largest absolute Gasteiger partial charge is 0.234 e. The van der Waals surface area contributed by atoms with Gasteiger partial charge in [-0.2, -0.15) is 4.40 Å². The molecule has 1 rings (SSSR count). The molecule has 0 aromatic carbocycles. The van der Waals surface area contributed by atoms with Gasteiger partial charge in [0.15, 0.2) is 0 Å². The van der Waals surface area contributed by atoms with Crippen molar-refractivity contribution in [2.45, 2.75) is 45.3 Å². The van der Waals surface area contributed by atoms with E-state index in [4.69, 9.17) is 23.2 Å². The van der Waals surface area contributed by atoms with Crippen molar-refractivity contribution < 1.29 is 4.21 Å². The number of rotatable bonds is 4. The molecular formula is C13H17Cl2IN2OS. The van der Waals surface area contributed by atoms with Gasteiger partial charge in [-0.15, -0.1) is 0 Å². The lowest BCUT2D eigenvalue weighted by Gasteiger charge is -2.14. The average molecular weight is 447 g/mol. The zero-order chi connectivity index (χ0) is 15.5. The van der Waals surface area contributed by atoms with Crippen molar-refractivity contribution in [1.29, 1.82) is 0 Å². The van der Waals surface area contributed by atoms with Crippen LogP contribution >= 0.6 is 45.8 Å². The summed E-state index contributed by atoms with van der Waals surface area (Å²) in [6.07, 6.45) is 1.40. The summed E-state index contributed by atoms with van der Waals surface area (Å²) in [7, 11) is -1.22. The van der Waals surface area contributed by atoms with Crippen molar-refractivity contribution in [2.75, 3.05) is 0 Å². The van der Waals surface area contributed by atoms with Crippen molar-refractivity contribution >= 4 is 62.5 Å². The Hall–Kier alpha value is 0.280. The molecule has 0 bridgehead atoms. The summed E-state index contributed by atoms with van der Waals surface area (Å²) in [6.45, 7) is 7.60. The zero-order valence-corrected chi connectivity index (χ0v) is 16.3. The Morgan fingerprint density at radius 1 is 1.45 bits per heavy atom. The maximum absolute atomic E-state index is 11.9. The van der Waals surface area contributed by atoms with Crippen LogP contribution in [0.2, 0.25) is 10.3 Å². The molecule has 20 heavy (non-hydrogen) atoms. The lowest BCUT2D eigenvalue weighted by molar-refractivity contribution is 0.650. The van der Waals surface area contributed by atoms with Crippen LogP contribution in [0.25, 0.3) is 0 Å². The standard InChI is InChI=1S/C13H17Cl2IN2OS/c1-8(18-20(19)13(2,3)4)5-6-9-10(16)7-11(14)17-12(9)15/h7H,5-6H2,1-4H3. The summed E-state index contributed by atoms with van der Waals surface area (Å²) >= 11 is 14.1. The summed E-state index contributed by atoms with van der Waals surface area (Å²) in [6, 6.07) is 1.78. The van der Waals surface area contributed by atoms with E-state index in [-0.39, 0.29) is 4.75 Å². The summed E-state index contributed by atoms with van der Waals surface area (Å²) in [5.74, 6) is 0. The molecule has 1 heterocycles. The van der Waals surface area contributed by atoms with Crippen LogP contribution in [0.4, 0.5) is 0 Å². The molecule has 0 radical (unpaired) electrons. The second-order valence-corrected chi connectivity index (χ2v) is 9.20. The fourth-order valence-corrected chi connectivity index (χ4v) is 3.67. The highest BCUT2D eigenvalue weighted by atomic mass is 127. The van der Waals surface area contributed by atoms with Crippen LogP contribution in [0, 0.1) is 3.57 Å². The fraction of sp³-hybridized carbons (Fsp3) is 0.538. The zero-order valence-electron chi connectivity index (χ0n) is 11.8. The van der Waals surface area contributed by atoms with E-state index in [0.717, 1.165) is 14.8 Å². The number of halogens is 3. The van der Waals surface area contributed by atoms with Crippen LogP contribution in [0.1, 0.15) is 39.7 Å². The number of nitrogens with zero attached hydrogens (tertiary/aromatic N) is 2. The first kappa shape index (κ1) is 18.3. The van der Waals surface area contributed by atoms with Crippen LogP contribution in [-0.4, -0.2) is 19.7 Å². The molecule has 3 nitrogen and oxygen atoms in total. The normalized spacial score (nSPS) is 14.4. The summed E-state index contributed by atoms with van der Waals surface area (Å²) in [4.78, 5) is 4.04. The van der Waals surface area contributed by atoms with E-state index >= 15 is 0 Å². The second kappa shape index (κ2) is 7.51. The third-order valence-corrected chi connectivity index (χ3v) is 5.48. The van der Waals surface area contributed by atoms with Crippen LogP contribution < -0.4 is 0 Å². The number of pyridine rings is 1. The molecule has 0 aliphatic rings. The smallest absolute Gasteiger partial charge is 0.144 e. The lowest BCUT2D eigenvalue weighted by atomic mass is 10.1. The van der Waals surface area contributed by atoms with Crippen LogP contribution in [0.5, 0.6) is 0 Å². The van der Waals surface area contributed by atoms with E-state index in [1.165, 1.54) is 0 Å². The van der Waals surface area contributed by atoms with E-state index in [2.05, 4.69) is 32.0 Å². The predicted molar refractivity (Wildman–Crippen MR) is 96.3 cm³/mol. The van der Waals surface area contributed by atoms with E-state index in [1.807, 2.05) is 27.7 Å². The molecule has 7 heteroatoms. The van der Waals surface area contributed by atoms with Gasteiger partial charge in [-0.05, 0) is 69.2 Å². The molecule has 0 spiro atoms. The molecule has 112 valence electrons. The monoisotopic (exact) mass is 446 g/mol. The van der Waals surface area contributed by atoms with E-state index < -0.39 is 11.0 Å². The maximum Gasteiger partial charge on any atom is 0.144 e. The Balaban J connectivity index is 2.78. The van der Waals surface area contributed by atoms with Gasteiger partial charge in [0.25, 0.3) is 0 Å². The third kappa shape index (κ3) is 5.58. The van der Waals surface area contributed by atoms with Gasteiger partial charge in [0.2, 0.25) is 0 Å². The third-order valence-electron chi connectivity index (χ3n) is 2.49. The van der Waals surface area contributed by atoms with Gasteiger partial charge in [-0.1, -0.05) is 23.2 Å². The van der Waals surface area contributed by atoms with Gasteiger partial charge in [-0.3, -0.25) is 0 Å². The van der Waals surface area contributed by atoms with E-state index in [1.54, 1.807) is 6.07 Å². The molecule has 0 saturated heterocycles. The molecular weight excluding hydrogens is 430 g/mol. The number of hydrogen-bond donors (Lipinski definition) is 0. The van der Waals surface area contributed by atoms with Crippen molar-refractivity contribution in [3.05, 3.63) is 25.5 Å². The van der Waals surface area contributed by atoms with Crippen molar-refractivity contribution in [3.8, 4) is 0 Å². The Morgan fingerprint density at radius 3 is 2.55 bits per heavy atom.